The Kier molecular flexibility index (Phi) is 29.9. The molecule has 0 atom stereocenters. The highest BCUT2D eigenvalue weighted by molar-refractivity contribution is 5.85. The highest BCUT2D eigenvalue weighted by Crippen LogP contribution is 2.12. The number of rotatable bonds is 22. The fraction of sp³-hybridized carbons (Fsp3) is 0.893. The van der Waals surface area contributed by atoms with Gasteiger partial charge in [-0.2, -0.15) is 0 Å². The minimum atomic E-state index is -1.19. The molecule has 0 spiro atoms. The number of carboxylic acid groups (broad SMARTS) is 1. The van der Waals surface area contributed by atoms with Gasteiger partial charge in [0.15, 0.2) is 0 Å². The lowest BCUT2D eigenvalue weighted by atomic mass is 10.1. The molecule has 0 aliphatic heterocycles. The predicted octanol–water partition coefficient (Wildman–Crippen LogP) is 8.99. The highest BCUT2D eigenvalue weighted by Gasteiger charge is 2.09. The average molecular weight is 487 g/mol. The lowest BCUT2D eigenvalue weighted by molar-refractivity contribution is -0.159. The van der Waals surface area contributed by atoms with E-state index in [1.165, 1.54) is 89.9 Å². The van der Waals surface area contributed by atoms with Crippen LogP contribution in [0.15, 0.2) is 0 Å². The Morgan fingerprint density at radius 2 is 0.824 bits per heavy atom. The molecule has 0 amide bonds. The summed E-state index contributed by atoms with van der Waals surface area (Å²) in [5, 5.41) is 7.82. The molecule has 6 heteroatoms. The molecule has 0 aliphatic rings. The van der Waals surface area contributed by atoms with E-state index in [2.05, 4.69) is 18.6 Å². The third kappa shape index (κ3) is 32.6. The first-order chi connectivity index (χ1) is 16.5. The maximum atomic E-state index is 11.7. The first-order valence-electron chi connectivity index (χ1n) is 14.1. The molecule has 34 heavy (non-hydrogen) atoms. The van der Waals surface area contributed by atoms with Crippen LogP contribution in [0, 0.1) is 0 Å². The van der Waals surface area contributed by atoms with E-state index in [9.17, 15) is 14.4 Å². The van der Waals surface area contributed by atoms with Crippen LogP contribution in [0.2, 0.25) is 0 Å². The summed E-state index contributed by atoms with van der Waals surface area (Å²) < 4.78 is 9.02. The summed E-state index contributed by atoms with van der Waals surface area (Å²) in [7, 11) is 0. The molecule has 0 rings (SSSR count). The summed E-state index contributed by atoms with van der Waals surface area (Å²) in [6.07, 6.45) is 22.3. The topological polar surface area (TPSA) is 89.9 Å². The van der Waals surface area contributed by atoms with Gasteiger partial charge in [0.2, 0.25) is 0 Å². The van der Waals surface area contributed by atoms with E-state index < -0.39 is 6.16 Å². The number of ether oxygens (including phenoxy) is 2. The van der Waals surface area contributed by atoms with Gasteiger partial charge in [0.25, 0.3) is 0 Å². The van der Waals surface area contributed by atoms with E-state index in [0.717, 1.165) is 32.1 Å². The molecule has 0 unspecified atom stereocenters. The lowest BCUT2D eigenvalue weighted by Crippen LogP contribution is -2.11. The monoisotopic (exact) mass is 486 g/mol. The van der Waals surface area contributed by atoms with Gasteiger partial charge < -0.3 is 14.6 Å². The van der Waals surface area contributed by atoms with Gasteiger partial charge in [0.1, 0.15) is 0 Å². The molecule has 0 fully saturated rings. The Balaban J connectivity index is 0. The summed E-state index contributed by atoms with van der Waals surface area (Å²) in [5.74, 6) is -0.669. The van der Waals surface area contributed by atoms with Crippen molar-refractivity contribution < 1.29 is 29.0 Å². The normalized spacial score (nSPS) is 10.3. The molecule has 0 saturated heterocycles. The van der Waals surface area contributed by atoms with Crippen molar-refractivity contribution in [1.82, 2.24) is 0 Å². The number of hydrogen-bond acceptors (Lipinski definition) is 5. The van der Waals surface area contributed by atoms with E-state index in [0.29, 0.717) is 19.4 Å². The smallest absolute Gasteiger partial charge is 0.450 e. The van der Waals surface area contributed by atoms with Crippen LogP contribution < -0.4 is 0 Å². The van der Waals surface area contributed by atoms with Gasteiger partial charge in [0, 0.05) is 12.8 Å². The van der Waals surface area contributed by atoms with Crippen molar-refractivity contribution in [3.05, 3.63) is 0 Å². The van der Waals surface area contributed by atoms with Gasteiger partial charge in [-0.3, -0.25) is 9.59 Å². The number of unbranched alkanes of at least 4 members (excludes halogenated alkanes) is 16. The number of carbonyl (C=O) groups excluding carboxylic acids is 2. The zero-order valence-electron chi connectivity index (χ0n) is 22.5. The van der Waals surface area contributed by atoms with E-state index in [1.807, 2.05) is 6.92 Å². The summed E-state index contributed by atoms with van der Waals surface area (Å²) in [4.78, 5) is 32.9. The molecule has 0 aromatic rings. The highest BCUT2D eigenvalue weighted by atomic mass is 16.7. The van der Waals surface area contributed by atoms with Crippen molar-refractivity contribution in [2.75, 3.05) is 6.61 Å². The lowest BCUT2D eigenvalue weighted by Gasteiger charge is -2.04. The third-order valence-corrected chi connectivity index (χ3v) is 5.63. The first-order valence-corrected chi connectivity index (χ1v) is 14.1. The van der Waals surface area contributed by atoms with Crippen molar-refractivity contribution in [1.29, 1.82) is 0 Å². The largest absolute Gasteiger partial charge is 0.505 e. The van der Waals surface area contributed by atoms with Gasteiger partial charge >= 0.3 is 18.1 Å². The molecule has 6 nitrogen and oxygen atoms in total. The van der Waals surface area contributed by atoms with Crippen LogP contribution in [-0.2, 0) is 19.1 Å². The van der Waals surface area contributed by atoms with Crippen LogP contribution in [0.1, 0.15) is 156 Å². The van der Waals surface area contributed by atoms with Crippen LogP contribution in [0.25, 0.3) is 0 Å². The van der Waals surface area contributed by atoms with Crippen LogP contribution in [0.5, 0.6) is 0 Å². The standard InChI is InChI=1S/C24H46O3.C4H8O3/c1-3-5-7-9-11-13-15-17-19-21-23(25)27-24(26)22-20-18-16-14-12-10-8-6-4-2;1-2-3-7-4(5)6/h3-22H2,1-2H3;2-3H2,1H3,(H,5,6). The van der Waals surface area contributed by atoms with Gasteiger partial charge in [-0.05, 0) is 19.3 Å². The molecule has 0 radical (unpaired) electrons. The Labute approximate surface area is 209 Å². The number of esters is 2. The van der Waals surface area contributed by atoms with Gasteiger partial charge in [-0.25, -0.2) is 4.79 Å². The van der Waals surface area contributed by atoms with E-state index in [-0.39, 0.29) is 11.9 Å². The van der Waals surface area contributed by atoms with Crippen molar-refractivity contribution >= 4 is 18.1 Å². The summed E-state index contributed by atoms with van der Waals surface area (Å²) in [5.41, 5.74) is 0. The molecule has 0 aromatic heterocycles. The molecule has 0 heterocycles. The van der Waals surface area contributed by atoms with Gasteiger partial charge in [0.05, 0.1) is 6.61 Å². The Hall–Kier alpha value is -1.59. The second-order valence-corrected chi connectivity index (χ2v) is 9.12. The Bertz CT molecular complexity index is 432. The second-order valence-electron chi connectivity index (χ2n) is 9.12. The third-order valence-electron chi connectivity index (χ3n) is 5.63. The molecular weight excluding hydrogens is 432 g/mol. The molecule has 0 aliphatic carbocycles. The molecule has 202 valence electrons. The van der Waals surface area contributed by atoms with Gasteiger partial charge in [-0.15, -0.1) is 0 Å². The van der Waals surface area contributed by atoms with E-state index in [1.54, 1.807) is 0 Å². The molecule has 0 saturated carbocycles. The van der Waals surface area contributed by atoms with E-state index >= 15 is 0 Å². The average Bonchev–Trinajstić information content (AvgIpc) is 2.81. The molecule has 0 aromatic carbocycles. The maximum absolute atomic E-state index is 11.7. The second kappa shape index (κ2) is 29.4. The molecular formula is C28H54O6. The van der Waals surface area contributed by atoms with Crippen molar-refractivity contribution in [2.45, 2.75) is 156 Å². The maximum Gasteiger partial charge on any atom is 0.505 e. The van der Waals surface area contributed by atoms with Crippen LogP contribution >= 0.6 is 0 Å². The first kappa shape index (κ1) is 34.6. The van der Waals surface area contributed by atoms with E-state index in [4.69, 9.17) is 9.84 Å². The summed E-state index contributed by atoms with van der Waals surface area (Å²) in [6, 6.07) is 0. The zero-order valence-corrected chi connectivity index (χ0v) is 22.5. The van der Waals surface area contributed by atoms with Crippen molar-refractivity contribution in [2.24, 2.45) is 0 Å². The van der Waals surface area contributed by atoms with Crippen molar-refractivity contribution in [3.63, 3.8) is 0 Å². The summed E-state index contributed by atoms with van der Waals surface area (Å²) in [6.45, 7) is 6.62. The summed E-state index contributed by atoms with van der Waals surface area (Å²) >= 11 is 0. The minimum absolute atomic E-state index is 0.301. The Morgan fingerprint density at radius 1 is 0.500 bits per heavy atom. The van der Waals surface area contributed by atoms with Crippen molar-refractivity contribution in [3.8, 4) is 0 Å². The fourth-order valence-corrected chi connectivity index (χ4v) is 3.58. The van der Waals surface area contributed by atoms with Crippen LogP contribution in [0.4, 0.5) is 4.79 Å². The fourth-order valence-electron chi connectivity index (χ4n) is 3.58. The minimum Gasteiger partial charge on any atom is -0.450 e. The molecule has 1 N–H and O–H groups in total. The van der Waals surface area contributed by atoms with Gasteiger partial charge in [-0.1, -0.05) is 124 Å². The number of carbonyl (C=O) groups is 3. The Morgan fingerprint density at radius 3 is 1.09 bits per heavy atom. The SMILES string of the molecule is CCCCCCCCCCCC(=O)OC(=O)CCCCCCCCCCC.CCCOC(=O)O. The van der Waals surface area contributed by atoms with Crippen LogP contribution in [0.3, 0.4) is 0 Å². The molecule has 0 bridgehead atoms. The predicted molar refractivity (Wildman–Crippen MR) is 139 cm³/mol. The number of hydrogen-bond donors (Lipinski definition) is 1. The van der Waals surface area contributed by atoms with Crippen LogP contribution in [-0.4, -0.2) is 29.8 Å². The zero-order chi connectivity index (χ0) is 25.7. The quantitative estimate of drug-likeness (QED) is 0.0932.